The van der Waals surface area contributed by atoms with E-state index in [9.17, 15) is 0 Å². The van der Waals surface area contributed by atoms with Gasteiger partial charge in [0.15, 0.2) is 5.57 Å². The SMILES string of the molecule is CSC(=C(C#N)C#N)N(C)C. The van der Waals surface area contributed by atoms with Crippen LogP contribution in [-0.4, -0.2) is 25.3 Å². The molecule has 0 atom stereocenters. The van der Waals surface area contributed by atoms with E-state index in [0.29, 0.717) is 5.03 Å². The maximum atomic E-state index is 8.51. The van der Waals surface area contributed by atoms with E-state index in [1.54, 1.807) is 19.0 Å². The second-order valence-corrected chi connectivity index (χ2v) is 2.80. The second kappa shape index (κ2) is 4.65. The molecule has 0 saturated heterocycles. The lowest BCUT2D eigenvalue weighted by Crippen LogP contribution is -2.09. The van der Waals surface area contributed by atoms with Crippen LogP contribution in [-0.2, 0) is 0 Å². The van der Waals surface area contributed by atoms with Crippen molar-refractivity contribution in [3.63, 3.8) is 0 Å². The summed E-state index contributed by atoms with van der Waals surface area (Å²) in [5, 5.41) is 17.7. The summed E-state index contributed by atoms with van der Waals surface area (Å²) in [5.41, 5.74) is 0.169. The zero-order valence-electron chi connectivity index (χ0n) is 6.75. The highest BCUT2D eigenvalue weighted by Crippen LogP contribution is 2.17. The van der Waals surface area contributed by atoms with Crippen LogP contribution < -0.4 is 0 Å². The molecule has 0 aromatic rings. The van der Waals surface area contributed by atoms with Crippen molar-refractivity contribution in [1.29, 1.82) is 10.5 Å². The van der Waals surface area contributed by atoms with Gasteiger partial charge in [-0.15, -0.1) is 11.8 Å². The predicted molar refractivity (Wildman–Crippen MR) is 45.5 cm³/mol. The highest BCUT2D eigenvalue weighted by molar-refractivity contribution is 8.02. The van der Waals surface area contributed by atoms with E-state index in [1.165, 1.54) is 11.8 Å². The summed E-state index contributed by atoms with van der Waals surface area (Å²) >= 11 is 1.40. The molecule has 11 heavy (non-hydrogen) atoms. The van der Waals surface area contributed by atoms with Crippen molar-refractivity contribution in [2.75, 3.05) is 20.4 Å². The van der Waals surface area contributed by atoms with Crippen LogP contribution in [0.1, 0.15) is 0 Å². The van der Waals surface area contributed by atoms with E-state index in [1.807, 2.05) is 18.4 Å². The first-order chi connectivity index (χ1) is 5.17. The lowest BCUT2D eigenvalue weighted by molar-refractivity contribution is 0.548. The van der Waals surface area contributed by atoms with E-state index < -0.39 is 0 Å². The maximum absolute atomic E-state index is 8.51. The number of nitrogens with zero attached hydrogens (tertiary/aromatic N) is 3. The molecule has 0 spiro atoms. The summed E-state index contributed by atoms with van der Waals surface area (Å²) in [6.45, 7) is 0. The summed E-state index contributed by atoms with van der Waals surface area (Å²) in [5.74, 6) is 0. The Bertz CT molecular complexity index is 225. The fraction of sp³-hybridized carbons (Fsp3) is 0.429. The van der Waals surface area contributed by atoms with Gasteiger partial charge in [-0.1, -0.05) is 0 Å². The minimum atomic E-state index is 0.169. The average molecular weight is 167 g/mol. The van der Waals surface area contributed by atoms with Gasteiger partial charge in [0.05, 0.1) is 5.03 Å². The van der Waals surface area contributed by atoms with Crippen molar-refractivity contribution < 1.29 is 0 Å². The molecule has 0 aliphatic carbocycles. The summed E-state index contributed by atoms with van der Waals surface area (Å²) in [6.07, 6.45) is 1.84. The quantitative estimate of drug-likeness (QED) is 0.579. The number of rotatable bonds is 2. The van der Waals surface area contributed by atoms with Gasteiger partial charge in [-0.25, -0.2) is 0 Å². The number of hydrogen-bond donors (Lipinski definition) is 0. The highest BCUT2D eigenvalue weighted by Gasteiger charge is 2.05. The van der Waals surface area contributed by atoms with Gasteiger partial charge in [-0.05, 0) is 6.26 Å². The monoisotopic (exact) mass is 167 g/mol. The Morgan fingerprint density at radius 2 is 1.73 bits per heavy atom. The molecule has 4 heteroatoms. The number of hydrogen-bond acceptors (Lipinski definition) is 4. The molecule has 3 nitrogen and oxygen atoms in total. The second-order valence-electron chi connectivity index (χ2n) is 2.00. The molecule has 0 unspecified atom stereocenters. The van der Waals surface area contributed by atoms with Crippen LogP contribution in [0.15, 0.2) is 10.6 Å². The molecule has 0 bridgehead atoms. The fourth-order valence-corrected chi connectivity index (χ4v) is 1.29. The lowest BCUT2D eigenvalue weighted by Gasteiger charge is -2.13. The lowest BCUT2D eigenvalue weighted by atomic mass is 10.3. The van der Waals surface area contributed by atoms with Crippen molar-refractivity contribution in [2.45, 2.75) is 0 Å². The third-order valence-electron chi connectivity index (χ3n) is 1.04. The summed E-state index contributed by atoms with van der Waals surface area (Å²) in [7, 11) is 3.61. The minimum Gasteiger partial charge on any atom is -0.371 e. The zero-order valence-corrected chi connectivity index (χ0v) is 7.57. The van der Waals surface area contributed by atoms with Gasteiger partial charge in [-0.3, -0.25) is 0 Å². The first kappa shape index (κ1) is 9.87. The van der Waals surface area contributed by atoms with Gasteiger partial charge in [0.1, 0.15) is 12.1 Å². The Kier molecular flexibility index (Phi) is 4.17. The Balaban J connectivity index is 4.86. The third-order valence-corrected chi connectivity index (χ3v) is 1.99. The van der Waals surface area contributed by atoms with Crippen LogP contribution in [0.4, 0.5) is 0 Å². The largest absolute Gasteiger partial charge is 0.371 e. The van der Waals surface area contributed by atoms with E-state index in [0.717, 1.165) is 0 Å². The van der Waals surface area contributed by atoms with E-state index in [4.69, 9.17) is 10.5 Å². The maximum Gasteiger partial charge on any atom is 0.159 e. The number of thioether (sulfide) groups is 1. The molecule has 0 aromatic carbocycles. The first-order valence-electron chi connectivity index (χ1n) is 2.93. The van der Waals surface area contributed by atoms with Crippen molar-refractivity contribution >= 4 is 11.8 Å². The molecule has 0 amide bonds. The summed E-state index contributed by atoms with van der Waals surface area (Å²) in [4.78, 5) is 1.76. The molecule has 0 saturated carbocycles. The Morgan fingerprint density at radius 3 is 1.82 bits per heavy atom. The molecule has 0 rings (SSSR count). The standard InChI is InChI=1S/C7H9N3S/c1-10(2)7(11-3)6(4-8)5-9/h1-3H3. The van der Waals surface area contributed by atoms with Crippen molar-refractivity contribution in [2.24, 2.45) is 0 Å². The normalized spacial score (nSPS) is 7.73. The topological polar surface area (TPSA) is 50.8 Å². The highest BCUT2D eigenvalue weighted by atomic mass is 32.2. The molecule has 58 valence electrons. The van der Waals surface area contributed by atoms with Crippen molar-refractivity contribution in [1.82, 2.24) is 4.90 Å². The predicted octanol–water partition coefficient (Wildman–Crippen LogP) is 1.17. The molecule has 0 aliphatic heterocycles. The summed E-state index contributed by atoms with van der Waals surface area (Å²) in [6, 6.07) is 3.68. The molecular formula is C7H9N3S. The molecule has 0 radical (unpaired) electrons. The van der Waals surface area contributed by atoms with Crippen LogP contribution >= 0.6 is 11.8 Å². The van der Waals surface area contributed by atoms with E-state index >= 15 is 0 Å². The Morgan fingerprint density at radius 1 is 1.27 bits per heavy atom. The molecule has 0 N–H and O–H groups in total. The van der Waals surface area contributed by atoms with Crippen LogP contribution in [0.3, 0.4) is 0 Å². The number of nitriles is 2. The van der Waals surface area contributed by atoms with Crippen molar-refractivity contribution in [3.05, 3.63) is 10.6 Å². The number of allylic oxidation sites excluding steroid dienone is 1. The zero-order chi connectivity index (χ0) is 8.85. The van der Waals surface area contributed by atoms with Gasteiger partial charge in [-0.2, -0.15) is 10.5 Å². The average Bonchev–Trinajstić information content (AvgIpc) is 1.99. The molecule has 0 fully saturated rings. The van der Waals surface area contributed by atoms with Gasteiger partial charge >= 0.3 is 0 Å². The minimum absolute atomic E-state index is 0.169. The first-order valence-corrected chi connectivity index (χ1v) is 4.15. The summed E-state index contributed by atoms with van der Waals surface area (Å²) < 4.78 is 0. The van der Waals surface area contributed by atoms with Crippen LogP contribution in [0.5, 0.6) is 0 Å². The molecule has 0 aliphatic rings. The third kappa shape index (κ3) is 2.53. The van der Waals surface area contributed by atoms with Crippen LogP contribution in [0.2, 0.25) is 0 Å². The van der Waals surface area contributed by atoms with E-state index in [-0.39, 0.29) is 5.57 Å². The fourth-order valence-electron chi connectivity index (χ4n) is 0.629. The molecule has 0 aromatic heterocycles. The van der Waals surface area contributed by atoms with Gasteiger partial charge in [0.25, 0.3) is 0 Å². The molecule has 0 heterocycles. The molecular weight excluding hydrogens is 158 g/mol. The van der Waals surface area contributed by atoms with Crippen molar-refractivity contribution in [3.8, 4) is 12.1 Å². The smallest absolute Gasteiger partial charge is 0.159 e. The van der Waals surface area contributed by atoms with Gasteiger partial charge in [0.2, 0.25) is 0 Å². The van der Waals surface area contributed by atoms with Crippen LogP contribution in [0.25, 0.3) is 0 Å². The Labute approximate surface area is 70.9 Å². The van der Waals surface area contributed by atoms with E-state index in [2.05, 4.69) is 0 Å². The Hall–Kier alpha value is -1.13. The van der Waals surface area contributed by atoms with Crippen LogP contribution in [0, 0.1) is 22.7 Å². The van der Waals surface area contributed by atoms with Gasteiger partial charge < -0.3 is 4.90 Å². The van der Waals surface area contributed by atoms with Gasteiger partial charge in [0, 0.05) is 14.1 Å².